The lowest BCUT2D eigenvalue weighted by Gasteiger charge is -2.11. The van der Waals surface area contributed by atoms with Gasteiger partial charge in [0.15, 0.2) is 0 Å². The van der Waals surface area contributed by atoms with E-state index in [-0.39, 0.29) is 29.8 Å². The smallest absolute Gasteiger partial charge is 0.367 e. The first-order valence-electron chi connectivity index (χ1n) is 8.20. The third-order valence-corrected chi connectivity index (χ3v) is 4.11. The van der Waals surface area contributed by atoms with Crippen molar-refractivity contribution in [3.8, 4) is 11.3 Å². The van der Waals surface area contributed by atoms with Crippen molar-refractivity contribution in [1.82, 2.24) is 20.5 Å². The zero-order valence-corrected chi connectivity index (χ0v) is 15.1. The van der Waals surface area contributed by atoms with E-state index in [0.717, 1.165) is 11.6 Å². The number of carbonyl (C=O) groups is 1. The van der Waals surface area contributed by atoms with Crippen LogP contribution in [0.5, 0.6) is 0 Å². The molecule has 0 fully saturated rings. The van der Waals surface area contributed by atoms with Crippen LogP contribution in [0.3, 0.4) is 0 Å². The summed E-state index contributed by atoms with van der Waals surface area (Å²) in [6, 6.07) is 10.1. The fourth-order valence-electron chi connectivity index (χ4n) is 2.46. The molecule has 0 saturated carbocycles. The Morgan fingerprint density at radius 1 is 1.14 bits per heavy atom. The summed E-state index contributed by atoms with van der Waals surface area (Å²) in [5.74, 6) is -0.224. The van der Waals surface area contributed by atoms with Crippen molar-refractivity contribution < 1.29 is 18.0 Å². The Balaban J connectivity index is 1.55. The number of amides is 1. The van der Waals surface area contributed by atoms with E-state index in [1.54, 1.807) is 0 Å². The van der Waals surface area contributed by atoms with Gasteiger partial charge in [0, 0.05) is 24.8 Å². The minimum Gasteiger partial charge on any atom is -0.367 e. The fourth-order valence-corrected chi connectivity index (χ4v) is 2.69. The van der Waals surface area contributed by atoms with Gasteiger partial charge in [0.05, 0.1) is 28.0 Å². The number of pyridine rings is 1. The highest BCUT2D eigenvalue weighted by atomic mass is 35.5. The second-order valence-corrected chi connectivity index (χ2v) is 6.17. The standard InChI is InChI=1S/C18H15ClF3N5O/c19-14-8-12(18(20,21)22)9-25-16(14)23-6-7-24-17(28)13-10-26-27-15(13)11-4-2-1-3-5-11/h1-5,8-10H,6-7H2,(H,23,25)(H,24,28)(H,26,27). The largest absolute Gasteiger partial charge is 0.417 e. The molecule has 0 atom stereocenters. The molecule has 3 aromatic rings. The first-order valence-corrected chi connectivity index (χ1v) is 8.57. The zero-order chi connectivity index (χ0) is 20.1. The Bertz CT molecular complexity index is 959. The molecule has 3 rings (SSSR count). The van der Waals surface area contributed by atoms with E-state index in [0.29, 0.717) is 17.5 Å². The minimum absolute atomic E-state index is 0.109. The molecule has 1 amide bonds. The topological polar surface area (TPSA) is 82.7 Å². The van der Waals surface area contributed by atoms with Crippen LogP contribution >= 0.6 is 11.6 Å². The molecular weight excluding hydrogens is 395 g/mol. The van der Waals surface area contributed by atoms with Crippen molar-refractivity contribution in [1.29, 1.82) is 0 Å². The van der Waals surface area contributed by atoms with Gasteiger partial charge in [0.1, 0.15) is 5.82 Å². The molecule has 0 spiro atoms. The van der Waals surface area contributed by atoms with Crippen LogP contribution in [0.1, 0.15) is 15.9 Å². The van der Waals surface area contributed by atoms with E-state index in [2.05, 4.69) is 25.8 Å². The van der Waals surface area contributed by atoms with Crippen molar-refractivity contribution in [3.63, 3.8) is 0 Å². The Kier molecular flexibility index (Phi) is 5.84. The molecule has 3 N–H and O–H groups in total. The number of rotatable bonds is 6. The van der Waals surface area contributed by atoms with Crippen molar-refractivity contribution in [2.24, 2.45) is 0 Å². The van der Waals surface area contributed by atoms with Gasteiger partial charge in [0.25, 0.3) is 5.91 Å². The molecule has 146 valence electrons. The normalized spacial score (nSPS) is 11.3. The van der Waals surface area contributed by atoms with Crippen molar-refractivity contribution in [2.75, 3.05) is 18.4 Å². The van der Waals surface area contributed by atoms with E-state index in [1.807, 2.05) is 30.3 Å². The van der Waals surface area contributed by atoms with Gasteiger partial charge in [-0.3, -0.25) is 9.89 Å². The van der Waals surface area contributed by atoms with E-state index < -0.39 is 11.7 Å². The SMILES string of the molecule is O=C(NCCNc1ncc(C(F)(F)F)cc1Cl)c1cn[nH]c1-c1ccccc1. The molecule has 2 aromatic heterocycles. The van der Waals surface area contributed by atoms with E-state index in [1.165, 1.54) is 6.20 Å². The summed E-state index contributed by atoms with van der Waals surface area (Å²) in [5.41, 5.74) is 0.879. The number of H-pyrrole nitrogens is 1. The zero-order valence-electron chi connectivity index (χ0n) is 14.3. The Labute approximate surface area is 163 Å². The number of carbonyl (C=O) groups excluding carboxylic acids is 1. The average Bonchev–Trinajstić information content (AvgIpc) is 3.16. The Morgan fingerprint density at radius 3 is 2.57 bits per heavy atom. The molecule has 10 heteroatoms. The summed E-state index contributed by atoms with van der Waals surface area (Å²) in [4.78, 5) is 16.0. The number of nitrogens with one attached hydrogen (secondary N) is 3. The van der Waals surface area contributed by atoms with Gasteiger partial charge in [-0.05, 0) is 6.07 Å². The highest BCUT2D eigenvalue weighted by Crippen LogP contribution is 2.32. The molecule has 28 heavy (non-hydrogen) atoms. The van der Waals surface area contributed by atoms with Crippen LogP contribution in [0.2, 0.25) is 5.02 Å². The number of aromatic amines is 1. The highest BCUT2D eigenvalue weighted by Gasteiger charge is 2.31. The summed E-state index contributed by atoms with van der Waals surface area (Å²) in [7, 11) is 0. The lowest BCUT2D eigenvalue weighted by Crippen LogP contribution is -2.29. The van der Waals surface area contributed by atoms with Crippen molar-refractivity contribution >= 4 is 23.3 Å². The summed E-state index contributed by atoms with van der Waals surface area (Å²) in [5, 5.41) is 12.1. The molecule has 0 aliphatic heterocycles. The monoisotopic (exact) mass is 409 g/mol. The predicted octanol–water partition coefficient (Wildman–Crippen LogP) is 3.99. The first kappa shape index (κ1) is 19.7. The molecule has 0 saturated heterocycles. The number of benzene rings is 1. The van der Waals surface area contributed by atoms with E-state index >= 15 is 0 Å². The van der Waals surface area contributed by atoms with E-state index in [9.17, 15) is 18.0 Å². The van der Waals surface area contributed by atoms with Gasteiger partial charge in [-0.2, -0.15) is 18.3 Å². The van der Waals surface area contributed by atoms with Gasteiger partial charge >= 0.3 is 6.18 Å². The second-order valence-electron chi connectivity index (χ2n) is 5.76. The van der Waals surface area contributed by atoms with Gasteiger partial charge in [-0.15, -0.1) is 0 Å². The summed E-state index contributed by atoms with van der Waals surface area (Å²) < 4.78 is 37.8. The molecule has 1 aromatic carbocycles. The van der Waals surface area contributed by atoms with Crippen molar-refractivity contribution in [3.05, 3.63) is 64.9 Å². The maximum Gasteiger partial charge on any atom is 0.417 e. The summed E-state index contributed by atoms with van der Waals surface area (Å²) in [6.45, 7) is 0.430. The quantitative estimate of drug-likeness (QED) is 0.538. The number of aromatic nitrogens is 3. The molecule has 0 bridgehead atoms. The number of anilines is 1. The third kappa shape index (κ3) is 4.61. The fraction of sp³-hybridized carbons (Fsp3) is 0.167. The molecule has 2 heterocycles. The molecular formula is C18H15ClF3N5O. The minimum atomic E-state index is -4.51. The lowest BCUT2D eigenvalue weighted by molar-refractivity contribution is -0.137. The average molecular weight is 410 g/mol. The number of halogens is 4. The highest BCUT2D eigenvalue weighted by molar-refractivity contribution is 6.32. The van der Waals surface area contributed by atoms with Gasteiger partial charge < -0.3 is 10.6 Å². The van der Waals surface area contributed by atoms with Gasteiger partial charge in [0.2, 0.25) is 0 Å². The van der Waals surface area contributed by atoms with Crippen LogP contribution < -0.4 is 10.6 Å². The molecule has 0 aliphatic rings. The number of hydrogen-bond acceptors (Lipinski definition) is 4. The molecule has 0 unspecified atom stereocenters. The first-order chi connectivity index (χ1) is 13.4. The lowest BCUT2D eigenvalue weighted by atomic mass is 10.1. The van der Waals surface area contributed by atoms with Crippen LogP contribution in [0.25, 0.3) is 11.3 Å². The maximum absolute atomic E-state index is 12.6. The Hall–Kier alpha value is -3.07. The summed E-state index contributed by atoms with van der Waals surface area (Å²) >= 11 is 5.82. The maximum atomic E-state index is 12.6. The van der Waals surface area contributed by atoms with Gasteiger partial charge in [-0.1, -0.05) is 41.9 Å². The van der Waals surface area contributed by atoms with Crippen LogP contribution in [0, 0.1) is 0 Å². The van der Waals surface area contributed by atoms with Crippen LogP contribution in [0.4, 0.5) is 19.0 Å². The van der Waals surface area contributed by atoms with E-state index in [4.69, 9.17) is 11.6 Å². The van der Waals surface area contributed by atoms with Crippen molar-refractivity contribution in [2.45, 2.75) is 6.18 Å². The van der Waals surface area contributed by atoms with Crippen LogP contribution in [-0.4, -0.2) is 34.2 Å². The third-order valence-electron chi connectivity index (χ3n) is 3.82. The number of hydrogen-bond donors (Lipinski definition) is 3. The summed E-state index contributed by atoms with van der Waals surface area (Å²) in [6.07, 6.45) is -2.38. The Morgan fingerprint density at radius 2 is 1.89 bits per heavy atom. The van der Waals surface area contributed by atoms with Crippen LogP contribution in [-0.2, 0) is 6.18 Å². The molecule has 0 aliphatic carbocycles. The molecule has 6 nitrogen and oxygen atoms in total. The van der Waals surface area contributed by atoms with Crippen LogP contribution in [0.15, 0.2) is 48.8 Å². The number of nitrogens with zero attached hydrogens (tertiary/aromatic N) is 2. The second kappa shape index (κ2) is 8.30. The molecule has 0 radical (unpaired) electrons. The predicted molar refractivity (Wildman–Crippen MR) is 99.1 cm³/mol. The number of alkyl halides is 3. The van der Waals surface area contributed by atoms with Gasteiger partial charge in [-0.25, -0.2) is 4.98 Å².